The van der Waals surface area contributed by atoms with Gasteiger partial charge in [0.1, 0.15) is 0 Å². The second-order valence-electron chi connectivity index (χ2n) is 28.1. The molecule has 11 rings (SSSR count). The quantitative estimate of drug-likeness (QED) is 0.0212. The normalized spacial score (nSPS) is 20.7. The van der Waals surface area contributed by atoms with Crippen LogP contribution in [0.15, 0.2) is 92.3 Å². The van der Waals surface area contributed by atoms with E-state index in [0.29, 0.717) is 71.5 Å². The van der Waals surface area contributed by atoms with Gasteiger partial charge in [-0.05, 0) is 169 Å². The van der Waals surface area contributed by atoms with E-state index in [1.54, 1.807) is 75.0 Å². The molecule has 3 aromatic carbocycles. The van der Waals surface area contributed by atoms with Crippen molar-refractivity contribution in [1.82, 2.24) is 45.1 Å². The fourth-order valence-corrected chi connectivity index (χ4v) is 20.4. The molecule has 5 heterocycles. The molecule has 0 unspecified atom stereocenters. The number of nitrogens with zero attached hydrogens (tertiary/aromatic N) is 3. The van der Waals surface area contributed by atoms with Crippen LogP contribution in [0.5, 0.6) is 0 Å². The molecular weight excluding hydrogens is 1520 g/mol. The van der Waals surface area contributed by atoms with Crippen LogP contribution in [-0.2, 0) is 53.8 Å². The number of sulfonamides is 3. The summed E-state index contributed by atoms with van der Waals surface area (Å²) in [4.78, 5) is 52.5. The second kappa shape index (κ2) is 37.7. The number of carbonyl (C=O) groups excluding carboxylic acids is 3. The number of amides is 3. The molecular formula is C71H103BrN12O14S6. The van der Waals surface area contributed by atoms with Crippen LogP contribution in [0.3, 0.4) is 0 Å². The first-order chi connectivity index (χ1) is 49.2. The van der Waals surface area contributed by atoms with Gasteiger partial charge in [0.25, 0.3) is 0 Å². The number of aromatic nitrogens is 3. The highest BCUT2D eigenvalue weighted by Crippen LogP contribution is 2.44. The van der Waals surface area contributed by atoms with Gasteiger partial charge in [-0.25, -0.2) is 68.8 Å². The minimum atomic E-state index is -3.69. The Morgan fingerprint density at radius 3 is 1.13 bits per heavy atom. The molecule has 3 amide bonds. The first-order valence-corrected chi connectivity index (χ1v) is 43.2. The number of anilines is 2. The van der Waals surface area contributed by atoms with Gasteiger partial charge >= 0.3 is 18.3 Å². The van der Waals surface area contributed by atoms with Crippen molar-refractivity contribution < 1.29 is 63.3 Å². The minimum Gasteiger partial charge on any atom is -0.447 e. The fourth-order valence-electron chi connectivity index (χ4n) is 12.5. The third kappa shape index (κ3) is 24.3. The van der Waals surface area contributed by atoms with E-state index in [1.165, 1.54) is 28.7 Å². The first-order valence-electron chi connectivity index (χ1n) is 35.5. The molecule has 5 fully saturated rings. The van der Waals surface area contributed by atoms with Crippen molar-refractivity contribution in [2.24, 2.45) is 5.73 Å². The van der Waals surface area contributed by atoms with Crippen LogP contribution in [0.1, 0.15) is 186 Å². The Kier molecular flexibility index (Phi) is 30.4. The minimum absolute atomic E-state index is 0. The Morgan fingerprint density at radius 2 is 0.827 bits per heavy atom. The zero-order valence-corrected chi connectivity index (χ0v) is 67.6. The van der Waals surface area contributed by atoms with Crippen molar-refractivity contribution >= 4 is 110 Å². The van der Waals surface area contributed by atoms with Gasteiger partial charge in [0.15, 0.2) is 0 Å². The van der Waals surface area contributed by atoms with Crippen molar-refractivity contribution in [2.45, 2.75) is 233 Å². The van der Waals surface area contributed by atoms with E-state index in [4.69, 9.17) is 35.2 Å². The predicted octanol–water partition coefficient (Wildman–Crippen LogP) is 13.1. The Morgan fingerprint density at radius 1 is 0.510 bits per heavy atom. The van der Waals surface area contributed by atoms with E-state index in [1.807, 2.05) is 72.7 Å². The van der Waals surface area contributed by atoms with Crippen LogP contribution in [0.25, 0.3) is 31.3 Å². The molecule has 2 aliphatic heterocycles. The smallest absolute Gasteiger partial charge is 0.407 e. The lowest BCUT2D eigenvalue weighted by Crippen LogP contribution is -2.54. The summed E-state index contributed by atoms with van der Waals surface area (Å²) in [6, 6.07) is 16.0. The van der Waals surface area contributed by atoms with E-state index in [2.05, 4.69) is 73.2 Å². The molecule has 104 heavy (non-hydrogen) atoms. The molecule has 6 aromatic rings. The summed E-state index contributed by atoms with van der Waals surface area (Å²) < 4.78 is 111. The summed E-state index contributed by atoms with van der Waals surface area (Å²) in [6.45, 7) is 23.8. The number of nitrogen functional groups attached to an aromatic ring is 1. The van der Waals surface area contributed by atoms with Crippen LogP contribution in [0.4, 0.5) is 25.8 Å². The summed E-state index contributed by atoms with van der Waals surface area (Å²) in [5.41, 5.74) is 14.2. The van der Waals surface area contributed by atoms with Crippen LogP contribution in [0.2, 0.25) is 0 Å². The van der Waals surface area contributed by atoms with Crippen LogP contribution < -0.4 is 46.9 Å². The van der Waals surface area contributed by atoms with Crippen LogP contribution in [0, 0.1) is 0 Å². The van der Waals surface area contributed by atoms with Crippen molar-refractivity contribution in [1.29, 1.82) is 0 Å². The van der Waals surface area contributed by atoms with Crippen LogP contribution in [-0.4, -0.2) is 152 Å². The number of hydrogen-bond donors (Lipinski definition) is 9. The monoisotopic (exact) mass is 1620 g/mol. The average molecular weight is 1620 g/mol. The number of carbonyl (C=O) groups is 3. The molecule has 0 bridgehead atoms. The molecule has 3 aliphatic carbocycles. The van der Waals surface area contributed by atoms with Gasteiger partial charge in [-0.1, -0.05) is 54.9 Å². The number of thiazole rings is 3. The molecule has 574 valence electrons. The molecule has 3 saturated carbocycles. The first kappa shape index (κ1) is 83.7. The summed E-state index contributed by atoms with van der Waals surface area (Å²) in [5.74, 6) is 0.888. The maximum atomic E-state index is 13.1. The molecule has 26 nitrogen and oxygen atoms in total. The SMILES string of the molecule is CC1(N)COC1.CCNS(=O)(=O)c1cc(Br)ccc1-c1cnc(C2CCC(NC(=O)OC(C)C)CC2)s1.CCNS(=O)(=O)c1cc(N)ccc1-c1cnc(C2CCC(NC(=O)OC(C)C)CC2)s1.CCNS(=O)(=O)c1cc(NC2(C)COC2)ccc1-c1cnc(C2CCC(NC(=O)OC(C)C)CC2)s1. The van der Waals surface area contributed by atoms with Gasteiger partial charge in [0, 0.05) is 107 Å². The van der Waals surface area contributed by atoms with Crippen LogP contribution >= 0.6 is 49.9 Å². The zero-order valence-electron chi connectivity index (χ0n) is 61.1. The summed E-state index contributed by atoms with van der Waals surface area (Å²) in [7, 11) is -11.0. The number of rotatable bonds is 23. The highest BCUT2D eigenvalue weighted by Gasteiger charge is 2.35. The third-order valence-electron chi connectivity index (χ3n) is 17.5. The fraction of sp³-hybridized carbons (Fsp3) is 0.577. The van der Waals surface area contributed by atoms with Gasteiger partial charge in [-0.2, -0.15) is 0 Å². The molecule has 3 aromatic heterocycles. The van der Waals surface area contributed by atoms with E-state index in [-0.39, 0.29) is 86.4 Å². The topological polar surface area (TPSA) is 375 Å². The van der Waals surface area contributed by atoms with Crippen molar-refractivity contribution in [3.05, 3.63) is 92.7 Å². The lowest BCUT2D eigenvalue weighted by Gasteiger charge is -2.39. The zero-order chi connectivity index (χ0) is 75.7. The molecule has 2 saturated heterocycles. The van der Waals surface area contributed by atoms with Gasteiger partial charge in [0.05, 0.1) is 100 Å². The van der Waals surface area contributed by atoms with Gasteiger partial charge in [-0.3, -0.25) is 0 Å². The highest BCUT2D eigenvalue weighted by molar-refractivity contribution is 9.10. The summed E-state index contributed by atoms with van der Waals surface area (Å²) in [5, 5.41) is 15.2. The molecule has 0 atom stereocenters. The Hall–Kier alpha value is -5.95. The second-order valence-corrected chi connectivity index (χ2v) is 37.4. The number of hydrogen-bond acceptors (Lipinski definition) is 23. The average Bonchev–Trinajstić information content (AvgIpc) is 1.26. The summed E-state index contributed by atoms with van der Waals surface area (Å²) >= 11 is 7.97. The van der Waals surface area contributed by atoms with Crippen molar-refractivity contribution in [3.8, 4) is 31.3 Å². The van der Waals surface area contributed by atoms with E-state index in [0.717, 1.165) is 126 Å². The highest BCUT2D eigenvalue weighted by atomic mass is 79.9. The maximum Gasteiger partial charge on any atom is 0.407 e. The maximum absolute atomic E-state index is 13.1. The number of halogens is 1. The molecule has 0 radical (unpaired) electrons. The molecule has 33 heteroatoms. The number of benzene rings is 3. The van der Waals surface area contributed by atoms with Gasteiger partial charge < -0.3 is 56.4 Å². The Balaban J connectivity index is 0.000000190. The lowest BCUT2D eigenvalue weighted by molar-refractivity contribution is -0.0433. The van der Waals surface area contributed by atoms with Crippen molar-refractivity contribution in [2.75, 3.05) is 57.1 Å². The van der Waals surface area contributed by atoms with Gasteiger partial charge in [-0.15, -0.1) is 34.0 Å². The molecule has 5 aliphatic rings. The largest absolute Gasteiger partial charge is 0.447 e. The van der Waals surface area contributed by atoms with E-state index < -0.39 is 30.1 Å². The molecule has 0 spiro atoms. The number of alkyl carbamates (subject to hydrolysis) is 3. The number of nitrogens with one attached hydrogen (secondary N) is 7. The van der Waals surface area contributed by atoms with E-state index >= 15 is 0 Å². The third-order valence-corrected chi connectivity index (χ3v) is 26.4. The predicted molar refractivity (Wildman–Crippen MR) is 413 cm³/mol. The number of ether oxygens (including phenoxy) is 5. The summed E-state index contributed by atoms with van der Waals surface area (Å²) in [6.07, 6.45) is 14.4. The number of nitrogens with two attached hydrogens (primary N) is 2. The Labute approximate surface area is 633 Å². The lowest BCUT2D eigenvalue weighted by atomic mass is 9.86. The van der Waals surface area contributed by atoms with Gasteiger partial charge in [0.2, 0.25) is 30.1 Å². The van der Waals surface area contributed by atoms with Crippen molar-refractivity contribution in [3.63, 3.8) is 0 Å². The molecule has 11 N–H and O–H groups in total. The Bertz CT molecular complexity index is 4010. The standard InChI is InChI=1S/C25H36N4O5S2.C21H28BrN3O4S2.C21H30N4O4S2.C4H9NO/c1-5-27-36(31,32)22-12-19(29-25(4)14-33-15-25)10-11-20(22)21-13-26-23(35-21)17-6-8-18(9-7-17)28-24(30)34-16(2)3;2*1-4-24-31(27,28)19-11-15(22)7-10-17(19)18-12-23-20(30-18)14-5-8-16(9-6-14)25-21(26)29-13(2)3;1-4(5)2-6-3-4/h10-13,16-18,27,29H,5-9,14-15H2,1-4H3,(H,28,30);7,10-14,16,24H,4-6,8-9H2,1-3H3,(H,25,26);7,10-14,16,24H,4-6,8-9,22H2,1-3H3,(H,25,26);2-3,5H2,1H3. The van der Waals surface area contributed by atoms with E-state index in [9.17, 15) is 39.6 Å².